The fourth-order valence-corrected chi connectivity index (χ4v) is 1.40. The predicted octanol–water partition coefficient (Wildman–Crippen LogP) is 0.0383. The maximum Gasteiger partial charge on any atom is 0.377 e. The molecule has 1 heterocycles. The number of carbonyl (C=O) groups excluding carboxylic acids is 2. The van der Waals surface area contributed by atoms with Gasteiger partial charge in [0.25, 0.3) is 0 Å². The highest BCUT2D eigenvalue weighted by Crippen LogP contribution is 2.30. The first-order valence-electron chi connectivity index (χ1n) is 5.25. The van der Waals surface area contributed by atoms with E-state index in [4.69, 9.17) is 5.73 Å². The Morgan fingerprint density at radius 3 is 2.65 bits per heavy atom. The maximum atomic E-state index is 12.8. The smallest absolute Gasteiger partial charge is 0.377 e. The lowest BCUT2D eigenvalue weighted by atomic mass is 9.93. The van der Waals surface area contributed by atoms with Gasteiger partial charge in [-0.25, -0.2) is 4.79 Å². The minimum absolute atomic E-state index is 0.0814. The van der Waals surface area contributed by atoms with Crippen molar-refractivity contribution in [1.29, 1.82) is 0 Å². The minimum atomic E-state index is -3.40. The number of hydrogen-bond donors (Lipinski definition) is 2. The molecule has 0 aliphatic carbocycles. The van der Waals surface area contributed by atoms with E-state index in [1.54, 1.807) is 13.8 Å². The molecule has 0 aromatic heterocycles. The standard InChI is InChI=1S/C10H16F2N2O3/c1-9(2,7(13)15)5-14-4-6-3-10(11,12)8(16)17-6/h6,14H,3-5H2,1-2H3,(H2,13,15). The van der Waals surface area contributed by atoms with Gasteiger partial charge in [0.2, 0.25) is 5.91 Å². The SMILES string of the molecule is CC(C)(CNCC1CC(F)(F)C(=O)O1)C(N)=O. The number of ether oxygens (including phenoxy) is 1. The van der Waals surface area contributed by atoms with Crippen LogP contribution in [0.2, 0.25) is 0 Å². The topological polar surface area (TPSA) is 81.4 Å². The van der Waals surface area contributed by atoms with E-state index in [1.165, 1.54) is 0 Å². The van der Waals surface area contributed by atoms with Crippen LogP contribution >= 0.6 is 0 Å². The lowest BCUT2D eigenvalue weighted by molar-refractivity contribution is -0.159. The highest BCUT2D eigenvalue weighted by Gasteiger charge is 2.50. The maximum absolute atomic E-state index is 12.8. The molecular formula is C10H16F2N2O3. The van der Waals surface area contributed by atoms with Crippen LogP contribution in [0.4, 0.5) is 8.78 Å². The van der Waals surface area contributed by atoms with Crippen LogP contribution in [0.5, 0.6) is 0 Å². The summed E-state index contributed by atoms with van der Waals surface area (Å²) in [6, 6.07) is 0. The third kappa shape index (κ3) is 3.36. The largest absolute Gasteiger partial charge is 0.456 e. The molecule has 1 rings (SSSR count). The molecule has 0 spiro atoms. The summed E-state index contributed by atoms with van der Waals surface area (Å²) >= 11 is 0. The Balaban J connectivity index is 2.35. The molecule has 1 saturated heterocycles. The van der Waals surface area contributed by atoms with Crippen molar-refractivity contribution in [3.05, 3.63) is 0 Å². The predicted molar refractivity (Wildman–Crippen MR) is 55.3 cm³/mol. The Kier molecular flexibility index (Phi) is 3.71. The van der Waals surface area contributed by atoms with Crippen molar-refractivity contribution in [3.8, 4) is 0 Å². The van der Waals surface area contributed by atoms with E-state index < -0.39 is 35.7 Å². The molecule has 5 nitrogen and oxygen atoms in total. The lowest BCUT2D eigenvalue weighted by Gasteiger charge is -2.21. The van der Waals surface area contributed by atoms with Crippen molar-refractivity contribution in [3.63, 3.8) is 0 Å². The van der Waals surface area contributed by atoms with Gasteiger partial charge in [-0.1, -0.05) is 0 Å². The van der Waals surface area contributed by atoms with Gasteiger partial charge in [-0.3, -0.25) is 4.79 Å². The Hall–Kier alpha value is -1.24. The number of amides is 1. The van der Waals surface area contributed by atoms with Crippen molar-refractivity contribution in [2.45, 2.75) is 32.3 Å². The molecule has 17 heavy (non-hydrogen) atoms. The monoisotopic (exact) mass is 250 g/mol. The van der Waals surface area contributed by atoms with Gasteiger partial charge >= 0.3 is 11.9 Å². The average Bonchev–Trinajstić information content (AvgIpc) is 2.40. The number of hydrogen-bond acceptors (Lipinski definition) is 4. The van der Waals surface area contributed by atoms with Gasteiger partial charge in [0.15, 0.2) is 0 Å². The molecule has 0 radical (unpaired) electrons. The summed E-state index contributed by atoms with van der Waals surface area (Å²) in [4.78, 5) is 21.7. The molecule has 0 saturated carbocycles. The highest BCUT2D eigenvalue weighted by atomic mass is 19.3. The molecule has 1 amide bonds. The summed E-state index contributed by atoms with van der Waals surface area (Å²) in [5.74, 6) is -5.37. The van der Waals surface area contributed by atoms with Crippen molar-refractivity contribution >= 4 is 11.9 Å². The van der Waals surface area contributed by atoms with Crippen LogP contribution in [0.1, 0.15) is 20.3 Å². The molecular weight excluding hydrogens is 234 g/mol. The number of esters is 1. The Bertz CT molecular complexity index is 332. The first-order chi connectivity index (χ1) is 7.65. The second kappa shape index (κ2) is 4.56. The fourth-order valence-electron chi connectivity index (χ4n) is 1.40. The van der Waals surface area contributed by atoms with Crippen molar-refractivity contribution in [1.82, 2.24) is 5.32 Å². The first kappa shape index (κ1) is 13.8. The number of rotatable bonds is 5. The summed E-state index contributed by atoms with van der Waals surface area (Å²) in [5.41, 5.74) is 4.37. The molecule has 1 fully saturated rings. The molecule has 0 aromatic rings. The van der Waals surface area contributed by atoms with Crippen LogP contribution in [-0.4, -0.2) is 37.0 Å². The first-order valence-corrected chi connectivity index (χ1v) is 5.25. The summed E-state index contributed by atoms with van der Waals surface area (Å²) < 4.78 is 30.1. The quantitative estimate of drug-likeness (QED) is 0.675. The number of cyclic esters (lactones) is 1. The van der Waals surface area contributed by atoms with E-state index in [1.807, 2.05) is 0 Å². The lowest BCUT2D eigenvalue weighted by Crippen LogP contribution is -2.42. The van der Waals surface area contributed by atoms with Crippen LogP contribution in [0.15, 0.2) is 0 Å². The summed E-state index contributed by atoms with van der Waals surface area (Å²) in [5, 5.41) is 2.80. The number of primary amides is 1. The van der Waals surface area contributed by atoms with Crippen LogP contribution in [-0.2, 0) is 14.3 Å². The Morgan fingerprint density at radius 2 is 2.24 bits per heavy atom. The van der Waals surface area contributed by atoms with E-state index >= 15 is 0 Å². The highest BCUT2D eigenvalue weighted by molar-refractivity contribution is 5.80. The fraction of sp³-hybridized carbons (Fsp3) is 0.800. The van der Waals surface area contributed by atoms with E-state index in [-0.39, 0.29) is 13.1 Å². The summed E-state index contributed by atoms with van der Waals surface area (Å²) in [7, 11) is 0. The van der Waals surface area contributed by atoms with Gasteiger partial charge in [0.1, 0.15) is 6.10 Å². The molecule has 0 aromatic carbocycles. The second-order valence-electron chi connectivity index (χ2n) is 4.81. The van der Waals surface area contributed by atoms with Gasteiger partial charge in [-0.2, -0.15) is 8.78 Å². The third-order valence-electron chi connectivity index (χ3n) is 2.66. The molecule has 1 aliphatic heterocycles. The summed E-state index contributed by atoms with van der Waals surface area (Å²) in [6.45, 7) is 3.59. The van der Waals surface area contributed by atoms with E-state index in [0.29, 0.717) is 0 Å². The number of halogens is 2. The third-order valence-corrected chi connectivity index (χ3v) is 2.66. The molecule has 7 heteroatoms. The number of nitrogens with two attached hydrogens (primary N) is 1. The van der Waals surface area contributed by atoms with E-state index in [0.717, 1.165) is 0 Å². The normalized spacial score (nSPS) is 23.5. The van der Waals surface area contributed by atoms with Crippen LogP contribution in [0.25, 0.3) is 0 Å². The molecule has 3 N–H and O–H groups in total. The van der Waals surface area contributed by atoms with E-state index in [9.17, 15) is 18.4 Å². The minimum Gasteiger partial charge on any atom is -0.456 e. The molecule has 1 unspecified atom stereocenters. The Labute approximate surface area is 97.7 Å². The Morgan fingerprint density at radius 1 is 1.65 bits per heavy atom. The zero-order valence-electron chi connectivity index (χ0n) is 9.76. The molecule has 1 atom stereocenters. The second-order valence-corrected chi connectivity index (χ2v) is 4.81. The van der Waals surface area contributed by atoms with Crippen LogP contribution in [0.3, 0.4) is 0 Å². The number of carbonyl (C=O) groups is 2. The van der Waals surface area contributed by atoms with Crippen LogP contribution < -0.4 is 11.1 Å². The van der Waals surface area contributed by atoms with Crippen molar-refractivity contribution in [2.24, 2.45) is 11.1 Å². The van der Waals surface area contributed by atoms with Gasteiger partial charge < -0.3 is 15.8 Å². The zero-order chi connectivity index (χ0) is 13.3. The van der Waals surface area contributed by atoms with Gasteiger partial charge in [0, 0.05) is 13.1 Å². The molecule has 98 valence electrons. The van der Waals surface area contributed by atoms with Crippen molar-refractivity contribution < 1.29 is 23.1 Å². The average molecular weight is 250 g/mol. The van der Waals surface area contributed by atoms with Gasteiger partial charge in [-0.15, -0.1) is 0 Å². The van der Waals surface area contributed by atoms with Crippen LogP contribution in [0, 0.1) is 5.41 Å². The molecule has 0 bridgehead atoms. The zero-order valence-corrected chi connectivity index (χ0v) is 9.76. The van der Waals surface area contributed by atoms with Gasteiger partial charge in [-0.05, 0) is 13.8 Å². The van der Waals surface area contributed by atoms with Gasteiger partial charge in [0.05, 0.1) is 11.8 Å². The number of alkyl halides is 2. The van der Waals surface area contributed by atoms with E-state index in [2.05, 4.69) is 10.1 Å². The molecule has 1 aliphatic rings. The summed E-state index contributed by atoms with van der Waals surface area (Å²) in [6.07, 6.45) is -1.49. The van der Waals surface area contributed by atoms with Crippen molar-refractivity contribution in [2.75, 3.05) is 13.1 Å². The number of nitrogens with one attached hydrogen (secondary N) is 1.